The average molecular weight is 485 g/mol. The van der Waals surface area contributed by atoms with Crippen LogP contribution in [-0.2, 0) is 11.4 Å². The van der Waals surface area contributed by atoms with Crippen molar-refractivity contribution in [3.63, 3.8) is 0 Å². The summed E-state index contributed by atoms with van der Waals surface area (Å²) in [6.07, 6.45) is 4.74. The van der Waals surface area contributed by atoms with E-state index in [4.69, 9.17) is 5.11 Å². The topological polar surface area (TPSA) is 81.6 Å². The summed E-state index contributed by atoms with van der Waals surface area (Å²) in [7, 11) is 0. The van der Waals surface area contributed by atoms with E-state index in [-0.39, 0.29) is 6.61 Å². The minimum Gasteiger partial charge on any atom is -0.478 e. The number of aliphatic hydroxyl groups excluding tert-OH is 1. The lowest BCUT2D eigenvalue weighted by Crippen LogP contribution is -2.16. The fraction of sp³-hybridized carbons (Fsp3) is 0.233. The van der Waals surface area contributed by atoms with Gasteiger partial charge >= 0.3 is 5.97 Å². The molecule has 6 heteroatoms. The van der Waals surface area contributed by atoms with Crippen LogP contribution in [0.4, 0.5) is 10.1 Å². The van der Waals surface area contributed by atoms with E-state index >= 15 is 0 Å². The standard InChI is InChI=1S/C30H29FN2O3/c1-18-15-20(17-34)7-12-24(18)29(21-3-2-4-21)28(22-9-5-19(6-10-22)8-14-27(35)36)23-11-13-26-25(16-23)30(31)33-32-26/h5-16,21,30,32-34H,2-4,17H2,1H3,(H,35,36)/b14-8+,29-28+. The van der Waals surface area contributed by atoms with Gasteiger partial charge < -0.3 is 15.6 Å². The van der Waals surface area contributed by atoms with Crippen molar-refractivity contribution in [1.29, 1.82) is 0 Å². The molecule has 1 fully saturated rings. The molecule has 0 spiro atoms. The van der Waals surface area contributed by atoms with Crippen LogP contribution >= 0.6 is 0 Å². The number of nitrogens with one attached hydrogen (secondary N) is 2. The molecule has 5 nitrogen and oxygen atoms in total. The van der Waals surface area contributed by atoms with Gasteiger partial charge in [0.25, 0.3) is 0 Å². The van der Waals surface area contributed by atoms with Crippen molar-refractivity contribution in [3.05, 3.63) is 106 Å². The molecule has 1 saturated carbocycles. The summed E-state index contributed by atoms with van der Waals surface area (Å²) in [6, 6.07) is 19.7. The quantitative estimate of drug-likeness (QED) is 0.181. The molecule has 1 unspecified atom stereocenters. The molecule has 0 amide bonds. The molecule has 1 heterocycles. The molecule has 2 aliphatic rings. The lowest BCUT2D eigenvalue weighted by Gasteiger charge is -2.32. The SMILES string of the molecule is Cc1cc(CO)ccc1/C(=C(\c1ccc(/C=C/C(=O)O)cc1)c1ccc2c(c1)C(F)NN2)C1CCC1. The van der Waals surface area contributed by atoms with Crippen LogP contribution in [0.3, 0.4) is 0 Å². The van der Waals surface area contributed by atoms with Crippen molar-refractivity contribution in [2.45, 2.75) is 39.1 Å². The number of benzene rings is 3. The molecule has 36 heavy (non-hydrogen) atoms. The molecule has 0 saturated heterocycles. The number of fused-ring (bicyclic) bond motifs is 1. The average Bonchev–Trinajstić information content (AvgIpc) is 3.22. The van der Waals surface area contributed by atoms with Crippen molar-refractivity contribution in [1.82, 2.24) is 5.43 Å². The van der Waals surface area contributed by atoms with Crippen molar-refractivity contribution >= 4 is 28.9 Å². The third-order valence-corrected chi connectivity index (χ3v) is 7.11. The summed E-state index contributed by atoms with van der Waals surface area (Å²) < 4.78 is 14.6. The molecule has 5 rings (SSSR count). The lowest BCUT2D eigenvalue weighted by atomic mass is 9.72. The summed E-state index contributed by atoms with van der Waals surface area (Å²) in [6.45, 7) is 2.06. The Kier molecular flexibility index (Phi) is 6.72. The van der Waals surface area contributed by atoms with E-state index in [9.17, 15) is 14.3 Å². The van der Waals surface area contributed by atoms with Crippen molar-refractivity contribution in [2.24, 2.45) is 5.92 Å². The van der Waals surface area contributed by atoms with Crippen molar-refractivity contribution < 1.29 is 19.4 Å². The Morgan fingerprint density at radius 1 is 1.06 bits per heavy atom. The van der Waals surface area contributed by atoms with E-state index in [1.807, 2.05) is 54.6 Å². The van der Waals surface area contributed by atoms with Crippen molar-refractivity contribution in [3.8, 4) is 0 Å². The van der Waals surface area contributed by atoms with Gasteiger partial charge in [-0.05, 0) is 88.4 Å². The Morgan fingerprint density at radius 2 is 1.81 bits per heavy atom. The highest BCUT2D eigenvalue weighted by Crippen LogP contribution is 2.46. The summed E-state index contributed by atoms with van der Waals surface area (Å²) in [5, 5.41) is 18.6. The molecule has 3 aromatic rings. The number of hydrazine groups is 1. The number of allylic oxidation sites excluding steroid dienone is 1. The number of aliphatic carboxylic acids is 1. The van der Waals surface area contributed by atoms with E-state index < -0.39 is 12.3 Å². The molecule has 1 aliphatic heterocycles. The summed E-state index contributed by atoms with van der Waals surface area (Å²) in [5.41, 5.74) is 14.9. The highest BCUT2D eigenvalue weighted by Gasteiger charge is 2.29. The molecule has 3 aromatic carbocycles. The van der Waals surface area contributed by atoms with Crippen LogP contribution in [0, 0.1) is 12.8 Å². The van der Waals surface area contributed by atoms with Gasteiger partial charge in [-0.3, -0.25) is 0 Å². The Labute approximate surface area is 210 Å². The number of halogens is 1. The largest absolute Gasteiger partial charge is 0.478 e. The zero-order valence-corrected chi connectivity index (χ0v) is 20.1. The molecule has 0 bridgehead atoms. The highest BCUT2D eigenvalue weighted by molar-refractivity contribution is 6.00. The first-order valence-electron chi connectivity index (χ1n) is 12.2. The third-order valence-electron chi connectivity index (χ3n) is 7.11. The van der Waals surface area contributed by atoms with Crippen LogP contribution in [0.2, 0.25) is 0 Å². The minimum atomic E-state index is -1.29. The molecule has 0 radical (unpaired) electrons. The smallest absolute Gasteiger partial charge is 0.328 e. The van der Waals surface area contributed by atoms with E-state index in [0.29, 0.717) is 11.5 Å². The number of carboxylic acids is 1. The van der Waals surface area contributed by atoms with Gasteiger partial charge in [0.05, 0.1) is 12.3 Å². The Bertz CT molecular complexity index is 1360. The fourth-order valence-electron chi connectivity index (χ4n) is 5.05. The predicted molar refractivity (Wildman–Crippen MR) is 141 cm³/mol. The monoisotopic (exact) mass is 484 g/mol. The zero-order chi connectivity index (χ0) is 25.2. The van der Waals surface area contributed by atoms with E-state index in [2.05, 4.69) is 23.8 Å². The van der Waals surface area contributed by atoms with Gasteiger partial charge in [-0.2, -0.15) is 0 Å². The van der Waals surface area contributed by atoms with Crippen LogP contribution in [0.25, 0.3) is 17.2 Å². The first kappa shape index (κ1) is 24.0. The number of carbonyl (C=O) groups is 1. The second-order valence-corrected chi connectivity index (χ2v) is 9.45. The van der Waals surface area contributed by atoms with Gasteiger partial charge in [-0.15, -0.1) is 0 Å². The number of hydrogen-bond donors (Lipinski definition) is 4. The van der Waals surface area contributed by atoms with E-state index in [0.717, 1.165) is 63.6 Å². The number of aliphatic hydroxyl groups is 1. The molecule has 1 atom stereocenters. The summed E-state index contributed by atoms with van der Waals surface area (Å²) in [5.74, 6) is -0.620. The van der Waals surface area contributed by atoms with Gasteiger partial charge in [0.15, 0.2) is 6.30 Å². The van der Waals surface area contributed by atoms with E-state index in [1.54, 1.807) is 6.08 Å². The zero-order valence-electron chi connectivity index (χ0n) is 20.1. The number of anilines is 1. The van der Waals surface area contributed by atoms with Gasteiger partial charge in [-0.1, -0.05) is 55.0 Å². The fourth-order valence-corrected chi connectivity index (χ4v) is 5.05. The molecule has 184 valence electrons. The maximum atomic E-state index is 14.6. The molecule has 4 N–H and O–H groups in total. The second kappa shape index (κ2) is 10.1. The third kappa shape index (κ3) is 4.70. The Morgan fingerprint density at radius 3 is 2.44 bits per heavy atom. The van der Waals surface area contributed by atoms with Crippen molar-refractivity contribution in [2.75, 3.05) is 5.43 Å². The summed E-state index contributed by atoms with van der Waals surface area (Å²) >= 11 is 0. The summed E-state index contributed by atoms with van der Waals surface area (Å²) in [4.78, 5) is 10.9. The van der Waals surface area contributed by atoms with Gasteiger partial charge in [0.2, 0.25) is 0 Å². The van der Waals surface area contributed by atoms with Gasteiger partial charge in [0.1, 0.15) is 0 Å². The number of carboxylic acid groups (broad SMARTS) is 1. The second-order valence-electron chi connectivity index (χ2n) is 9.45. The Balaban J connectivity index is 1.73. The van der Waals surface area contributed by atoms with Crippen LogP contribution in [0.15, 0.2) is 66.7 Å². The number of rotatable bonds is 7. The first-order chi connectivity index (χ1) is 17.4. The normalized spacial score (nSPS) is 17.9. The number of hydrogen-bond acceptors (Lipinski definition) is 4. The van der Waals surface area contributed by atoms with Crippen LogP contribution in [0.5, 0.6) is 0 Å². The highest BCUT2D eigenvalue weighted by atomic mass is 19.1. The van der Waals surface area contributed by atoms with Crippen LogP contribution < -0.4 is 10.9 Å². The van der Waals surface area contributed by atoms with Gasteiger partial charge in [-0.25, -0.2) is 14.6 Å². The number of alkyl halides is 1. The molecule has 1 aliphatic carbocycles. The van der Waals surface area contributed by atoms with Crippen LogP contribution in [0.1, 0.15) is 64.5 Å². The Hall–Kier alpha value is -3.74. The lowest BCUT2D eigenvalue weighted by molar-refractivity contribution is -0.131. The minimum absolute atomic E-state index is 0.00944. The predicted octanol–water partition coefficient (Wildman–Crippen LogP) is 6.24. The molecule has 0 aromatic heterocycles. The molecular weight excluding hydrogens is 455 g/mol. The molecular formula is C30H29FN2O3. The number of aryl methyl sites for hydroxylation is 1. The maximum Gasteiger partial charge on any atom is 0.328 e. The van der Waals surface area contributed by atoms with Gasteiger partial charge in [0, 0.05) is 11.6 Å². The van der Waals surface area contributed by atoms with Crippen LogP contribution in [-0.4, -0.2) is 16.2 Å². The maximum absolute atomic E-state index is 14.6. The first-order valence-corrected chi connectivity index (χ1v) is 12.2. The van der Waals surface area contributed by atoms with E-state index in [1.165, 1.54) is 12.0 Å².